The van der Waals surface area contributed by atoms with Crippen LogP contribution in [0, 0.1) is 28.6 Å². The summed E-state index contributed by atoms with van der Waals surface area (Å²) in [6.07, 6.45) is 12.0. The first-order valence-electron chi connectivity index (χ1n) is 12.2. The van der Waals surface area contributed by atoms with Gasteiger partial charge in [0, 0.05) is 5.75 Å². The minimum absolute atomic E-state index is 0.100. The Kier molecular flexibility index (Phi) is 6.18. The zero-order valence-corrected chi connectivity index (χ0v) is 21.3. The van der Waals surface area contributed by atoms with Gasteiger partial charge in [-0.05, 0) is 95.5 Å². The van der Waals surface area contributed by atoms with E-state index in [-0.39, 0.29) is 10.8 Å². The first kappa shape index (κ1) is 23.0. The van der Waals surface area contributed by atoms with Crippen LogP contribution in [0.4, 0.5) is 0 Å². The van der Waals surface area contributed by atoms with Gasteiger partial charge in [-0.25, -0.2) is 0 Å². The van der Waals surface area contributed by atoms with Gasteiger partial charge in [-0.1, -0.05) is 71.0 Å². The predicted molar refractivity (Wildman–Crippen MR) is 136 cm³/mol. The molecule has 0 spiro atoms. The molecule has 1 aromatic carbocycles. The number of aliphatic hydroxyl groups excluding tert-OH is 1. The average molecular weight is 439 g/mol. The largest absolute Gasteiger partial charge is 0.508 e. The average Bonchev–Trinajstić information content (AvgIpc) is 2.68. The Balaban J connectivity index is 1.64. The van der Waals surface area contributed by atoms with Crippen molar-refractivity contribution >= 4 is 11.8 Å². The molecule has 0 aromatic heterocycles. The predicted octanol–water partition coefficient (Wildman–Crippen LogP) is 8.33. The van der Waals surface area contributed by atoms with Crippen molar-refractivity contribution in [3.63, 3.8) is 0 Å². The third-order valence-corrected chi connectivity index (χ3v) is 9.24. The minimum atomic E-state index is 0.100. The summed E-state index contributed by atoms with van der Waals surface area (Å²) in [5.74, 6) is 3.59. The third-order valence-electron chi connectivity index (χ3n) is 8.60. The van der Waals surface area contributed by atoms with Gasteiger partial charge in [0.15, 0.2) is 0 Å². The Morgan fingerprint density at radius 1 is 0.968 bits per heavy atom. The molecular formula is C29H42OS. The molecule has 2 bridgehead atoms. The number of allylic oxidation sites excluding steroid dienone is 2. The highest BCUT2D eigenvalue weighted by molar-refractivity contribution is 7.98. The fourth-order valence-electron chi connectivity index (χ4n) is 7.20. The van der Waals surface area contributed by atoms with E-state index >= 15 is 0 Å². The lowest BCUT2D eigenvalue weighted by molar-refractivity contribution is 0.0495. The van der Waals surface area contributed by atoms with Crippen LogP contribution >= 0.6 is 11.8 Å². The smallest absolute Gasteiger partial charge is 0.119 e. The molecule has 0 aliphatic heterocycles. The van der Waals surface area contributed by atoms with E-state index in [1.807, 2.05) is 11.8 Å². The Labute approximate surface area is 194 Å². The summed E-state index contributed by atoms with van der Waals surface area (Å²) in [6.45, 7) is 12.0. The van der Waals surface area contributed by atoms with Crippen LogP contribution < -0.4 is 0 Å². The van der Waals surface area contributed by atoms with Crippen LogP contribution in [0.2, 0.25) is 0 Å². The van der Waals surface area contributed by atoms with Crippen LogP contribution in [0.15, 0.2) is 53.3 Å². The quantitative estimate of drug-likeness (QED) is 0.510. The molecule has 3 aliphatic rings. The maximum Gasteiger partial charge on any atom is 0.119 e. The van der Waals surface area contributed by atoms with E-state index in [0.717, 1.165) is 24.0 Å². The first-order chi connectivity index (χ1) is 14.5. The molecule has 1 nitrogen and oxygen atoms in total. The SMILES string of the molecule is CSCC1=C(O)C(C2(C)CC3CC(C2)CC(C)(c2ccccc2)C3)=CC(C(C)(C)C)C1. The van der Waals surface area contributed by atoms with Crippen molar-refractivity contribution in [2.75, 3.05) is 12.0 Å². The first-order valence-corrected chi connectivity index (χ1v) is 13.6. The van der Waals surface area contributed by atoms with Gasteiger partial charge in [-0.3, -0.25) is 0 Å². The standard InChI is InChI=1S/C29H42OS/c1-27(2,3)24-13-22(19-31-6)26(30)25(14-24)29(5)17-20-12-21(18-29)16-28(4,15-20)23-10-8-7-9-11-23/h7-11,14,20-21,24,30H,12-13,15-19H2,1-6H3. The molecule has 0 amide bonds. The van der Waals surface area contributed by atoms with E-state index in [4.69, 9.17) is 0 Å². The zero-order chi connectivity index (χ0) is 22.4. The van der Waals surface area contributed by atoms with E-state index < -0.39 is 0 Å². The number of aliphatic hydroxyl groups is 1. The molecule has 2 fully saturated rings. The van der Waals surface area contributed by atoms with Crippen LogP contribution in [0.25, 0.3) is 0 Å². The maximum atomic E-state index is 11.4. The fraction of sp³-hybridized carbons (Fsp3) is 0.655. The molecule has 31 heavy (non-hydrogen) atoms. The van der Waals surface area contributed by atoms with Crippen molar-refractivity contribution in [1.82, 2.24) is 0 Å². The molecule has 0 saturated heterocycles. The monoisotopic (exact) mass is 438 g/mol. The van der Waals surface area contributed by atoms with Gasteiger partial charge >= 0.3 is 0 Å². The zero-order valence-electron chi connectivity index (χ0n) is 20.5. The molecule has 3 aliphatic carbocycles. The fourth-order valence-corrected chi connectivity index (χ4v) is 7.80. The lowest BCUT2D eigenvalue weighted by atomic mass is 9.52. The Hall–Kier alpha value is -1.15. The lowest BCUT2D eigenvalue weighted by Crippen LogP contribution is -2.44. The summed E-state index contributed by atoms with van der Waals surface area (Å²) in [7, 11) is 0. The van der Waals surface area contributed by atoms with Gasteiger partial charge < -0.3 is 5.11 Å². The van der Waals surface area contributed by atoms with Crippen LogP contribution in [0.5, 0.6) is 0 Å². The van der Waals surface area contributed by atoms with Crippen molar-refractivity contribution in [2.45, 2.75) is 78.6 Å². The van der Waals surface area contributed by atoms with E-state index in [1.54, 1.807) is 0 Å². The number of rotatable bonds is 4. The number of thioether (sulfide) groups is 1. The van der Waals surface area contributed by atoms with Crippen LogP contribution in [-0.4, -0.2) is 17.1 Å². The molecule has 1 aromatic rings. The Morgan fingerprint density at radius 2 is 1.55 bits per heavy atom. The van der Waals surface area contributed by atoms with Crippen molar-refractivity contribution in [1.29, 1.82) is 0 Å². The van der Waals surface area contributed by atoms with Gasteiger partial charge in [0.25, 0.3) is 0 Å². The van der Waals surface area contributed by atoms with Crippen molar-refractivity contribution in [3.05, 3.63) is 58.9 Å². The normalized spacial score (nSPS) is 36.3. The summed E-state index contributed by atoms with van der Waals surface area (Å²) >= 11 is 1.84. The van der Waals surface area contributed by atoms with Gasteiger partial charge in [-0.2, -0.15) is 11.8 Å². The highest BCUT2D eigenvalue weighted by atomic mass is 32.2. The number of benzene rings is 1. The molecule has 0 heterocycles. The summed E-state index contributed by atoms with van der Waals surface area (Å²) in [5.41, 5.74) is 4.69. The third kappa shape index (κ3) is 4.52. The van der Waals surface area contributed by atoms with Crippen LogP contribution in [0.3, 0.4) is 0 Å². The summed E-state index contributed by atoms with van der Waals surface area (Å²) in [6, 6.07) is 11.2. The second-order valence-corrected chi connectivity index (χ2v) is 13.3. The lowest BCUT2D eigenvalue weighted by Gasteiger charge is -2.53. The minimum Gasteiger partial charge on any atom is -0.508 e. The number of hydrogen-bond acceptors (Lipinski definition) is 2. The van der Waals surface area contributed by atoms with E-state index in [1.165, 1.54) is 48.8 Å². The second kappa shape index (κ2) is 8.32. The maximum absolute atomic E-state index is 11.4. The van der Waals surface area contributed by atoms with Crippen molar-refractivity contribution in [3.8, 4) is 0 Å². The molecule has 3 atom stereocenters. The Morgan fingerprint density at radius 3 is 2.10 bits per heavy atom. The van der Waals surface area contributed by atoms with E-state index in [0.29, 0.717) is 17.1 Å². The van der Waals surface area contributed by atoms with Crippen LogP contribution in [0.1, 0.15) is 78.7 Å². The molecule has 2 saturated carbocycles. The molecule has 0 radical (unpaired) electrons. The highest BCUT2D eigenvalue weighted by Gasteiger charge is 2.49. The van der Waals surface area contributed by atoms with Crippen LogP contribution in [-0.2, 0) is 5.41 Å². The summed E-state index contributed by atoms with van der Waals surface area (Å²) < 4.78 is 0. The van der Waals surface area contributed by atoms with Gasteiger partial charge in [0.1, 0.15) is 5.76 Å². The topological polar surface area (TPSA) is 20.2 Å². The number of fused-ring (bicyclic) bond motifs is 2. The summed E-state index contributed by atoms with van der Waals surface area (Å²) in [5, 5.41) is 11.4. The molecule has 170 valence electrons. The molecular weight excluding hydrogens is 396 g/mol. The van der Waals surface area contributed by atoms with Gasteiger partial charge in [-0.15, -0.1) is 0 Å². The molecule has 3 unspecified atom stereocenters. The Bertz CT molecular complexity index is 842. The molecule has 1 N–H and O–H groups in total. The van der Waals surface area contributed by atoms with Gasteiger partial charge in [0.05, 0.1) is 0 Å². The number of hydrogen-bond donors (Lipinski definition) is 1. The van der Waals surface area contributed by atoms with Crippen molar-refractivity contribution in [2.24, 2.45) is 28.6 Å². The van der Waals surface area contributed by atoms with E-state index in [9.17, 15) is 5.11 Å². The second-order valence-electron chi connectivity index (χ2n) is 12.4. The molecule has 4 rings (SSSR count). The summed E-state index contributed by atoms with van der Waals surface area (Å²) in [4.78, 5) is 0. The molecule has 2 heteroatoms. The highest BCUT2D eigenvalue weighted by Crippen LogP contribution is 2.59. The van der Waals surface area contributed by atoms with E-state index in [2.05, 4.69) is 77.3 Å². The van der Waals surface area contributed by atoms with Gasteiger partial charge in [0.2, 0.25) is 0 Å². The van der Waals surface area contributed by atoms with Crippen molar-refractivity contribution < 1.29 is 5.11 Å².